The highest BCUT2D eigenvalue weighted by Crippen LogP contribution is 2.11. The molecular formula is C12H18N2O. The number of rotatable bonds is 6. The first-order chi connectivity index (χ1) is 7.25. The Kier molecular flexibility index (Phi) is 4.84. The number of benzene rings is 1. The van der Waals surface area contributed by atoms with Gasteiger partial charge in [-0.1, -0.05) is 43.7 Å². The van der Waals surface area contributed by atoms with Gasteiger partial charge in [0.1, 0.15) is 6.04 Å². The summed E-state index contributed by atoms with van der Waals surface area (Å²) in [5.74, 6) is -0.322. The van der Waals surface area contributed by atoms with E-state index in [1.54, 1.807) is 0 Å². The Morgan fingerprint density at radius 2 is 2.07 bits per heavy atom. The van der Waals surface area contributed by atoms with E-state index in [9.17, 15) is 4.79 Å². The summed E-state index contributed by atoms with van der Waals surface area (Å²) in [6, 6.07) is 9.20. The topological polar surface area (TPSA) is 55.1 Å². The summed E-state index contributed by atoms with van der Waals surface area (Å²) < 4.78 is 0. The number of primary amides is 1. The number of unbranched alkanes of at least 4 members (excludes halogenated alkanes) is 1. The molecule has 1 aromatic carbocycles. The first-order valence-electron chi connectivity index (χ1n) is 5.33. The quantitative estimate of drug-likeness (QED) is 0.695. The number of nitrogens with two attached hydrogens (primary N) is 1. The summed E-state index contributed by atoms with van der Waals surface area (Å²) in [5.41, 5.74) is 6.28. The average Bonchev–Trinajstić information content (AvgIpc) is 2.25. The minimum Gasteiger partial charge on any atom is -0.368 e. The van der Waals surface area contributed by atoms with Gasteiger partial charge in [0.15, 0.2) is 0 Å². The van der Waals surface area contributed by atoms with Crippen LogP contribution in [0.2, 0.25) is 0 Å². The molecule has 3 heteroatoms. The lowest BCUT2D eigenvalue weighted by atomic mass is 10.1. The molecule has 1 aromatic rings. The van der Waals surface area contributed by atoms with Crippen LogP contribution in [0.1, 0.15) is 31.4 Å². The van der Waals surface area contributed by atoms with Crippen LogP contribution in [-0.2, 0) is 4.79 Å². The molecule has 0 radical (unpaired) electrons. The van der Waals surface area contributed by atoms with Crippen LogP contribution in [0.4, 0.5) is 0 Å². The van der Waals surface area contributed by atoms with Crippen molar-refractivity contribution in [2.75, 3.05) is 6.54 Å². The Bertz CT molecular complexity index is 298. The lowest BCUT2D eigenvalue weighted by Gasteiger charge is -2.15. The maximum atomic E-state index is 11.3. The van der Waals surface area contributed by atoms with Crippen LogP contribution < -0.4 is 11.1 Å². The second-order valence-electron chi connectivity index (χ2n) is 3.55. The Balaban J connectivity index is 2.62. The van der Waals surface area contributed by atoms with Crippen molar-refractivity contribution >= 4 is 5.91 Å². The number of carbonyl (C=O) groups is 1. The molecule has 0 saturated carbocycles. The van der Waals surface area contributed by atoms with Crippen molar-refractivity contribution in [3.8, 4) is 0 Å². The lowest BCUT2D eigenvalue weighted by molar-refractivity contribution is -0.120. The summed E-state index contributed by atoms with van der Waals surface area (Å²) in [7, 11) is 0. The van der Waals surface area contributed by atoms with Gasteiger partial charge >= 0.3 is 0 Å². The van der Waals surface area contributed by atoms with Crippen LogP contribution in [-0.4, -0.2) is 12.5 Å². The fourth-order valence-corrected chi connectivity index (χ4v) is 1.45. The van der Waals surface area contributed by atoms with Crippen molar-refractivity contribution in [3.63, 3.8) is 0 Å². The van der Waals surface area contributed by atoms with Crippen LogP contribution in [0, 0.1) is 0 Å². The Hall–Kier alpha value is -1.35. The van der Waals surface area contributed by atoms with Gasteiger partial charge in [0.25, 0.3) is 0 Å². The van der Waals surface area contributed by atoms with Gasteiger partial charge in [0.2, 0.25) is 5.91 Å². The molecule has 0 saturated heterocycles. The van der Waals surface area contributed by atoms with Crippen LogP contribution in [0.5, 0.6) is 0 Å². The first-order valence-corrected chi connectivity index (χ1v) is 5.33. The standard InChI is InChI=1S/C12H18N2O/c1-2-3-9-14-11(12(13)15)10-7-5-4-6-8-10/h4-8,11,14H,2-3,9H2,1H3,(H2,13,15). The minimum atomic E-state index is -0.363. The van der Waals surface area contributed by atoms with Crippen LogP contribution in [0.25, 0.3) is 0 Å². The zero-order chi connectivity index (χ0) is 11.1. The number of nitrogens with one attached hydrogen (secondary N) is 1. The summed E-state index contributed by atoms with van der Waals surface area (Å²) in [6.45, 7) is 2.93. The largest absolute Gasteiger partial charge is 0.368 e. The van der Waals surface area contributed by atoms with E-state index in [1.165, 1.54) is 0 Å². The molecule has 0 aromatic heterocycles. The molecule has 1 unspecified atom stereocenters. The molecule has 0 bridgehead atoms. The van der Waals surface area contributed by atoms with E-state index < -0.39 is 0 Å². The second kappa shape index (κ2) is 6.19. The maximum absolute atomic E-state index is 11.3. The second-order valence-corrected chi connectivity index (χ2v) is 3.55. The third-order valence-electron chi connectivity index (χ3n) is 2.30. The third kappa shape index (κ3) is 3.72. The summed E-state index contributed by atoms with van der Waals surface area (Å²) >= 11 is 0. The predicted octanol–water partition coefficient (Wildman–Crippen LogP) is 1.60. The van der Waals surface area contributed by atoms with E-state index in [0.29, 0.717) is 0 Å². The van der Waals surface area contributed by atoms with Gasteiger partial charge in [-0.2, -0.15) is 0 Å². The number of hydrogen-bond acceptors (Lipinski definition) is 2. The molecule has 0 aliphatic heterocycles. The van der Waals surface area contributed by atoms with Gasteiger partial charge in [-0.3, -0.25) is 4.79 Å². The van der Waals surface area contributed by atoms with Gasteiger partial charge in [0, 0.05) is 0 Å². The molecule has 0 heterocycles. The number of hydrogen-bond donors (Lipinski definition) is 2. The van der Waals surface area contributed by atoms with E-state index in [-0.39, 0.29) is 11.9 Å². The Labute approximate surface area is 90.7 Å². The van der Waals surface area contributed by atoms with E-state index in [4.69, 9.17) is 5.73 Å². The molecule has 1 amide bonds. The summed E-state index contributed by atoms with van der Waals surface area (Å²) in [5, 5.41) is 3.16. The molecule has 0 spiro atoms. The zero-order valence-corrected chi connectivity index (χ0v) is 9.07. The van der Waals surface area contributed by atoms with E-state index in [1.807, 2.05) is 30.3 Å². The van der Waals surface area contributed by atoms with Crippen molar-refractivity contribution in [2.45, 2.75) is 25.8 Å². The molecule has 0 aliphatic carbocycles. The number of carbonyl (C=O) groups excluding carboxylic acids is 1. The molecule has 82 valence electrons. The Morgan fingerprint density at radius 1 is 1.40 bits per heavy atom. The van der Waals surface area contributed by atoms with Crippen molar-refractivity contribution in [3.05, 3.63) is 35.9 Å². The molecule has 15 heavy (non-hydrogen) atoms. The predicted molar refractivity (Wildman–Crippen MR) is 61.3 cm³/mol. The van der Waals surface area contributed by atoms with Gasteiger partial charge in [-0.25, -0.2) is 0 Å². The van der Waals surface area contributed by atoms with Crippen LogP contribution in [0.15, 0.2) is 30.3 Å². The molecular weight excluding hydrogens is 188 g/mol. The maximum Gasteiger partial charge on any atom is 0.239 e. The van der Waals surface area contributed by atoms with Gasteiger partial charge in [0.05, 0.1) is 0 Å². The highest BCUT2D eigenvalue weighted by Gasteiger charge is 2.15. The minimum absolute atomic E-state index is 0.322. The lowest BCUT2D eigenvalue weighted by Crippen LogP contribution is -2.34. The summed E-state index contributed by atoms with van der Waals surface area (Å²) in [6.07, 6.45) is 2.16. The van der Waals surface area contributed by atoms with E-state index in [0.717, 1.165) is 24.9 Å². The van der Waals surface area contributed by atoms with Crippen LogP contribution in [0.3, 0.4) is 0 Å². The zero-order valence-electron chi connectivity index (χ0n) is 9.07. The smallest absolute Gasteiger partial charge is 0.239 e. The Morgan fingerprint density at radius 3 is 2.60 bits per heavy atom. The molecule has 3 nitrogen and oxygen atoms in total. The SMILES string of the molecule is CCCCNC(C(N)=O)c1ccccc1. The highest BCUT2D eigenvalue weighted by atomic mass is 16.1. The van der Waals surface area contributed by atoms with Crippen LogP contribution >= 0.6 is 0 Å². The molecule has 1 atom stereocenters. The molecule has 0 aliphatic rings. The first kappa shape index (κ1) is 11.7. The van der Waals surface area contributed by atoms with Crippen molar-refractivity contribution < 1.29 is 4.79 Å². The number of amides is 1. The molecule has 0 fully saturated rings. The van der Waals surface area contributed by atoms with E-state index >= 15 is 0 Å². The normalized spacial score (nSPS) is 12.3. The van der Waals surface area contributed by atoms with Crippen molar-refractivity contribution in [1.82, 2.24) is 5.32 Å². The fourth-order valence-electron chi connectivity index (χ4n) is 1.45. The van der Waals surface area contributed by atoms with Gasteiger partial charge in [-0.05, 0) is 18.5 Å². The molecule has 1 rings (SSSR count). The highest BCUT2D eigenvalue weighted by molar-refractivity contribution is 5.81. The van der Waals surface area contributed by atoms with Gasteiger partial charge < -0.3 is 11.1 Å². The summed E-state index contributed by atoms with van der Waals surface area (Å²) in [4.78, 5) is 11.3. The van der Waals surface area contributed by atoms with Crippen molar-refractivity contribution in [1.29, 1.82) is 0 Å². The average molecular weight is 206 g/mol. The van der Waals surface area contributed by atoms with Crippen molar-refractivity contribution in [2.24, 2.45) is 5.73 Å². The van der Waals surface area contributed by atoms with E-state index in [2.05, 4.69) is 12.2 Å². The fraction of sp³-hybridized carbons (Fsp3) is 0.417. The van der Waals surface area contributed by atoms with Gasteiger partial charge in [-0.15, -0.1) is 0 Å². The molecule has 3 N–H and O–H groups in total. The third-order valence-corrected chi connectivity index (χ3v) is 2.30. The monoisotopic (exact) mass is 206 g/mol.